The van der Waals surface area contributed by atoms with Crippen molar-refractivity contribution in [3.05, 3.63) is 142 Å². The van der Waals surface area contributed by atoms with Crippen molar-refractivity contribution < 1.29 is 14.3 Å². The molecule has 9 rings (SSSR count). The van der Waals surface area contributed by atoms with Gasteiger partial charge in [0.25, 0.3) is 0 Å². The van der Waals surface area contributed by atoms with Crippen molar-refractivity contribution in [2.45, 2.75) is 0 Å². The molecule has 3 amide bonds. The summed E-state index contributed by atoms with van der Waals surface area (Å²) in [5.41, 5.74) is 19.0. The van der Waals surface area contributed by atoms with Gasteiger partial charge >= 0.3 is 12.1 Å². The second-order valence-electron chi connectivity index (χ2n) is 12.6. The van der Waals surface area contributed by atoms with Crippen LogP contribution in [0.3, 0.4) is 0 Å². The predicted molar refractivity (Wildman–Crippen MR) is 233 cm³/mol. The Balaban J connectivity index is 0.000000133. The van der Waals surface area contributed by atoms with Crippen LogP contribution in [0.5, 0.6) is 0 Å². The number of H-pyrrole nitrogens is 3. The smallest absolute Gasteiger partial charge is 0.412 e. The number of fused-ring (bicyclic) bond motifs is 3. The van der Waals surface area contributed by atoms with Gasteiger partial charge in [0.15, 0.2) is 17.5 Å². The van der Waals surface area contributed by atoms with E-state index in [9.17, 15) is 9.59 Å². The number of nitrogen functional groups attached to an aromatic ring is 1. The third-order valence-corrected chi connectivity index (χ3v) is 9.82. The summed E-state index contributed by atoms with van der Waals surface area (Å²) in [6.07, 6.45) is -0.570. The Morgan fingerprint density at radius 1 is 0.552 bits per heavy atom. The molecule has 9 N–H and O–H groups in total. The summed E-state index contributed by atoms with van der Waals surface area (Å²) in [6.45, 7) is 0. The van der Waals surface area contributed by atoms with Gasteiger partial charge in [-0.05, 0) is 53.1 Å². The highest BCUT2D eigenvalue weighted by Gasteiger charge is 2.15. The number of urea groups is 1. The van der Waals surface area contributed by atoms with E-state index in [4.69, 9.17) is 46.3 Å². The van der Waals surface area contributed by atoms with Crippen molar-refractivity contribution in [2.75, 3.05) is 23.5 Å². The Hall–Kier alpha value is -7.06. The van der Waals surface area contributed by atoms with Crippen molar-refractivity contribution in [3.63, 3.8) is 0 Å². The van der Waals surface area contributed by atoms with Crippen LogP contribution in [0.2, 0.25) is 15.1 Å². The van der Waals surface area contributed by atoms with Crippen LogP contribution in [0, 0.1) is 0 Å². The molecule has 0 atom stereocenters. The van der Waals surface area contributed by atoms with Crippen molar-refractivity contribution in [1.29, 1.82) is 0 Å². The van der Waals surface area contributed by atoms with Crippen LogP contribution in [-0.2, 0) is 4.74 Å². The first-order chi connectivity index (χ1) is 28.1. The largest absolute Gasteiger partial charge is 0.453 e. The minimum absolute atomic E-state index is 0.390. The first kappa shape index (κ1) is 39.2. The maximum atomic E-state index is 11.3. The summed E-state index contributed by atoms with van der Waals surface area (Å²) in [6, 6.07) is 40.0. The van der Waals surface area contributed by atoms with Gasteiger partial charge < -0.3 is 16.2 Å². The number of benzene rings is 6. The Labute approximate surface area is 345 Å². The summed E-state index contributed by atoms with van der Waals surface area (Å²) in [5, 5.41) is 29.9. The number of anilines is 3. The number of aromatic amines is 3. The summed E-state index contributed by atoms with van der Waals surface area (Å²) < 4.78 is 4.58. The highest BCUT2D eigenvalue weighted by Crippen LogP contribution is 2.36. The molecular formula is C42H33Cl3N10O3. The molecule has 0 saturated carbocycles. The molecular weight excluding hydrogens is 799 g/mol. The maximum Gasteiger partial charge on any atom is 0.412 e. The molecule has 0 spiro atoms. The number of methoxy groups -OCH3 is 1. The van der Waals surface area contributed by atoms with E-state index in [1.165, 1.54) is 7.11 Å². The molecule has 3 heterocycles. The molecule has 0 aliphatic carbocycles. The molecule has 290 valence electrons. The minimum Gasteiger partial charge on any atom is -0.453 e. The quantitative estimate of drug-likeness (QED) is 0.0892. The normalized spacial score (nSPS) is 10.7. The van der Waals surface area contributed by atoms with Crippen LogP contribution in [0.25, 0.3) is 66.1 Å². The van der Waals surface area contributed by atoms with Gasteiger partial charge in [-0.3, -0.25) is 25.9 Å². The van der Waals surface area contributed by atoms with Gasteiger partial charge in [0.05, 0.1) is 38.7 Å². The Morgan fingerprint density at radius 2 is 0.914 bits per heavy atom. The summed E-state index contributed by atoms with van der Waals surface area (Å²) in [5.74, 6) is 1.29. The number of rotatable bonds is 5. The number of nitrogens with one attached hydrogen (secondary N) is 5. The second-order valence-corrected chi connectivity index (χ2v) is 13.8. The number of amides is 3. The average Bonchev–Trinajstić information content (AvgIpc) is 3.93. The van der Waals surface area contributed by atoms with Crippen LogP contribution < -0.4 is 22.1 Å². The van der Waals surface area contributed by atoms with Crippen molar-refractivity contribution in [1.82, 2.24) is 30.6 Å². The topological polar surface area (TPSA) is 206 Å². The highest BCUT2D eigenvalue weighted by atomic mass is 35.5. The lowest BCUT2D eigenvalue weighted by molar-refractivity contribution is 0.187. The van der Waals surface area contributed by atoms with E-state index in [0.29, 0.717) is 32.5 Å². The number of nitrogens with zero attached hydrogens (tertiary/aromatic N) is 3. The van der Waals surface area contributed by atoms with E-state index < -0.39 is 12.1 Å². The van der Waals surface area contributed by atoms with Gasteiger partial charge in [0.2, 0.25) is 0 Å². The molecule has 9 aromatic rings. The first-order valence-corrected chi connectivity index (χ1v) is 18.6. The predicted octanol–water partition coefficient (Wildman–Crippen LogP) is 10.9. The zero-order valence-electron chi connectivity index (χ0n) is 30.5. The van der Waals surface area contributed by atoms with E-state index in [-0.39, 0.29) is 0 Å². The monoisotopic (exact) mass is 830 g/mol. The summed E-state index contributed by atoms with van der Waals surface area (Å²) in [4.78, 5) is 22.3. The van der Waals surface area contributed by atoms with Crippen LogP contribution in [0.15, 0.2) is 127 Å². The molecule has 0 radical (unpaired) electrons. The lowest BCUT2D eigenvalue weighted by Crippen LogP contribution is -2.19. The Morgan fingerprint density at radius 3 is 1.31 bits per heavy atom. The second kappa shape index (κ2) is 17.4. The van der Waals surface area contributed by atoms with Gasteiger partial charge in [-0.2, -0.15) is 15.3 Å². The average molecular weight is 832 g/mol. The van der Waals surface area contributed by atoms with Gasteiger partial charge in [0, 0.05) is 32.8 Å². The summed E-state index contributed by atoms with van der Waals surface area (Å²) in [7, 11) is 1.30. The van der Waals surface area contributed by atoms with Crippen LogP contribution in [-0.4, -0.2) is 49.8 Å². The molecule has 0 aliphatic heterocycles. The molecule has 0 fully saturated rings. The molecule has 6 aromatic carbocycles. The molecule has 0 bridgehead atoms. The lowest BCUT2D eigenvalue weighted by atomic mass is 10.0. The van der Waals surface area contributed by atoms with E-state index in [1.54, 1.807) is 12.1 Å². The fourth-order valence-electron chi connectivity index (χ4n) is 6.11. The zero-order valence-corrected chi connectivity index (χ0v) is 32.7. The third-order valence-electron chi connectivity index (χ3n) is 8.88. The van der Waals surface area contributed by atoms with E-state index in [1.807, 2.05) is 115 Å². The van der Waals surface area contributed by atoms with E-state index in [0.717, 1.165) is 66.1 Å². The molecule has 0 saturated heterocycles. The van der Waals surface area contributed by atoms with Crippen LogP contribution in [0.4, 0.5) is 27.0 Å². The van der Waals surface area contributed by atoms with Gasteiger partial charge in [0.1, 0.15) is 0 Å². The Kier molecular flexibility index (Phi) is 11.7. The molecule has 0 unspecified atom stereocenters. The van der Waals surface area contributed by atoms with Crippen LogP contribution in [0.1, 0.15) is 0 Å². The number of carbonyl (C=O) groups is 2. The van der Waals surface area contributed by atoms with Crippen molar-refractivity contribution in [3.8, 4) is 33.4 Å². The van der Waals surface area contributed by atoms with Gasteiger partial charge in [-0.25, -0.2) is 9.59 Å². The van der Waals surface area contributed by atoms with Gasteiger partial charge in [-0.1, -0.05) is 126 Å². The lowest BCUT2D eigenvalue weighted by Gasteiger charge is -2.06. The minimum atomic E-state index is -0.658. The van der Waals surface area contributed by atoms with E-state index in [2.05, 4.69) is 46.0 Å². The Bertz CT molecular complexity index is 2880. The first-order valence-electron chi connectivity index (χ1n) is 17.5. The number of aromatic nitrogens is 6. The number of hydrogen-bond donors (Lipinski definition) is 7. The fourth-order valence-corrected chi connectivity index (χ4v) is 6.92. The summed E-state index contributed by atoms with van der Waals surface area (Å²) >= 11 is 18.9. The zero-order chi connectivity index (χ0) is 40.8. The number of hydrogen-bond acceptors (Lipinski definition) is 7. The number of carbonyl (C=O) groups excluding carboxylic acids is 2. The fraction of sp³-hybridized carbons (Fsp3) is 0.0238. The number of halogens is 3. The molecule has 13 nitrogen and oxygen atoms in total. The highest BCUT2D eigenvalue weighted by molar-refractivity contribution is 6.35. The van der Waals surface area contributed by atoms with E-state index >= 15 is 0 Å². The molecule has 58 heavy (non-hydrogen) atoms. The molecule has 0 aliphatic rings. The molecule has 3 aromatic heterocycles. The van der Waals surface area contributed by atoms with Crippen molar-refractivity contribution >= 4 is 97.1 Å². The number of nitrogens with two attached hydrogens (primary N) is 2. The number of ether oxygens (including phenoxy) is 1. The maximum absolute atomic E-state index is 11.3. The van der Waals surface area contributed by atoms with Gasteiger partial charge in [-0.15, -0.1) is 0 Å². The van der Waals surface area contributed by atoms with Crippen molar-refractivity contribution in [2.24, 2.45) is 5.73 Å². The standard InChI is InChI=1S/C15H12ClN3O2.C14H11ClN4O.C13H10ClN3/c1-21-15(20)17-14-11-7-10(9-5-3-2-4-6-9)12(16)8-13(11)18-19-14;15-11-7-12-10(13(19-18-12)17-14(16)20)6-9(11)8-4-2-1-3-5-8;14-11-7-12-10(13(15)17-16-12)6-9(11)8-4-2-1-3-5-8/h2-8H,1H3,(H2,17,18,19,20);1-7H,(H4,16,17,18,19,20);1-7H,(H3,15,16,17). The van der Waals surface area contributed by atoms with Crippen LogP contribution >= 0.6 is 34.8 Å². The number of primary amides is 1. The molecule has 16 heteroatoms. The SMILES string of the molecule is COC(=O)Nc1n[nH]c2cc(Cl)c(-c3ccccc3)cc12.NC(=O)Nc1n[nH]c2cc(Cl)c(-c3ccccc3)cc12.Nc1n[nH]c2cc(Cl)c(-c3ccccc3)cc12. The third kappa shape index (κ3) is 8.66.